The Kier molecular flexibility index (Phi) is 5.53. The van der Waals surface area contributed by atoms with Crippen LogP contribution in [0.4, 0.5) is 0 Å². The lowest BCUT2D eigenvalue weighted by Gasteiger charge is -2.14. The molecule has 1 amide bonds. The van der Waals surface area contributed by atoms with Crippen molar-refractivity contribution >= 4 is 27.5 Å². The van der Waals surface area contributed by atoms with E-state index in [9.17, 15) is 4.79 Å². The van der Waals surface area contributed by atoms with Gasteiger partial charge >= 0.3 is 0 Å². The first-order chi connectivity index (χ1) is 10.3. The molecule has 2 atom stereocenters. The fourth-order valence-corrected chi connectivity index (χ4v) is 6.22. The van der Waals surface area contributed by atoms with Crippen LogP contribution < -0.4 is 5.32 Å². The lowest BCUT2D eigenvalue weighted by molar-refractivity contribution is -0.121. The molecule has 21 heavy (non-hydrogen) atoms. The van der Waals surface area contributed by atoms with Crippen molar-refractivity contribution in [1.29, 1.82) is 0 Å². The van der Waals surface area contributed by atoms with E-state index < -0.39 is 0 Å². The Morgan fingerprint density at radius 1 is 1.24 bits per heavy atom. The van der Waals surface area contributed by atoms with Crippen LogP contribution in [0.3, 0.4) is 0 Å². The van der Waals surface area contributed by atoms with Gasteiger partial charge in [0.1, 0.15) is 0 Å². The number of carbonyl (C=O) groups is 1. The Bertz CT molecular complexity index is 485. The van der Waals surface area contributed by atoms with Crippen molar-refractivity contribution < 1.29 is 4.79 Å². The van der Waals surface area contributed by atoms with Gasteiger partial charge in [-0.2, -0.15) is 0 Å². The summed E-state index contributed by atoms with van der Waals surface area (Å²) in [5, 5.41) is 4.05. The van der Waals surface area contributed by atoms with Crippen LogP contribution in [0, 0.1) is 0 Å². The Morgan fingerprint density at radius 2 is 2.14 bits per heavy atom. The molecule has 4 heteroatoms. The lowest BCUT2D eigenvalue weighted by Crippen LogP contribution is -2.26. The molecule has 3 rings (SSSR count). The van der Waals surface area contributed by atoms with E-state index in [1.165, 1.54) is 36.1 Å². The van der Waals surface area contributed by atoms with Crippen molar-refractivity contribution in [2.24, 2.45) is 0 Å². The molecule has 0 radical (unpaired) electrons. The number of amides is 1. The SMILES string of the molecule is O=C(CCCC[C@@H]1CCSS1)N[C@@H]1CCc2ccccc21. The van der Waals surface area contributed by atoms with Crippen LogP contribution >= 0.6 is 21.6 Å². The number of hydrogen-bond acceptors (Lipinski definition) is 3. The number of hydrogen-bond donors (Lipinski definition) is 1. The van der Waals surface area contributed by atoms with Crippen LogP contribution in [-0.4, -0.2) is 16.9 Å². The van der Waals surface area contributed by atoms with Gasteiger partial charge < -0.3 is 5.32 Å². The van der Waals surface area contributed by atoms with E-state index >= 15 is 0 Å². The highest BCUT2D eigenvalue weighted by Crippen LogP contribution is 2.39. The number of unbranched alkanes of at least 4 members (excludes halogenated alkanes) is 1. The normalized spacial score (nSPS) is 24.0. The standard InChI is InChI=1S/C17H23NOS2/c19-17(8-4-2-6-14-11-12-20-21-14)18-16-10-9-13-5-1-3-7-15(13)16/h1,3,5,7,14,16H,2,4,6,8-12H2,(H,18,19)/t14-,16-/m1/s1. The quantitative estimate of drug-likeness (QED) is 0.617. The minimum Gasteiger partial charge on any atom is -0.349 e. The Labute approximate surface area is 135 Å². The zero-order valence-electron chi connectivity index (χ0n) is 12.3. The first-order valence-electron chi connectivity index (χ1n) is 7.98. The Hall–Kier alpha value is -0.610. The number of nitrogens with one attached hydrogen (secondary N) is 1. The van der Waals surface area contributed by atoms with Gasteiger partial charge in [0.25, 0.3) is 0 Å². The molecule has 1 heterocycles. The third kappa shape index (κ3) is 4.19. The number of fused-ring (bicyclic) bond motifs is 1. The van der Waals surface area contributed by atoms with Gasteiger partial charge in [-0.15, -0.1) is 0 Å². The lowest BCUT2D eigenvalue weighted by atomic mass is 10.1. The summed E-state index contributed by atoms with van der Waals surface area (Å²) in [6.07, 6.45) is 7.67. The molecule has 2 nitrogen and oxygen atoms in total. The number of aryl methyl sites for hydroxylation is 1. The molecular formula is C17H23NOS2. The van der Waals surface area contributed by atoms with Crippen LogP contribution in [0.2, 0.25) is 0 Å². The third-order valence-corrected chi connectivity index (χ3v) is 7.38. The highest BCUT2D eigenvalue weighted by atomic mass is 33.1. The summed E-state index contributed by atoms with van der Waals surface area (Å²) in [6, 6.07) is 8.74. The highest BCUT2D eigenvalue weighted by molar-refractivity contribution is 8.77. The molecule has 114 valence electrons. The number of benzene rings is 1. The van der Waals surface area contributed by atoms with Crippen molar-refractivity contribution in [3.8, 4) is 0 Å². The zero-order chi connectivity index (χ0) is 14.5. The van der Waals surface area contributed by atoms with Gasteiger partial charge in [-0.05, 0) is 43.2 Å². The largest absolute Gasteiger partial charge is 0.349 e. The van der Waals surface area contributed by atoms with Crippen molar-refractivity contribution in [1.82, 2.24) is 5.32 Å². The highest BCUT2D eigenvalue weighted by Gasteiger charge is 2.23. The number of rotatable bonds is 6. The molecule has 1 aromatic carbocycles. The molecule has 1 aromatic rings. The second-order valence-corrected chi connectivity index (χ2v) is 8.72. The molecule has 1 aliphatic carbocycles. The molecule has 0 spiro atoms. The summed E-state index contributed by atoms with van der Waals surface area (Å²) in [6.45, 7) is 0. The van der Waals surface area contributed by atoms with Crippen LogP contribution in [0.25, 0.3) is 0 Å². The minimum atomic E-state index is 0.227. The monoisotopic (exact) mass is 321 g/mol. The van der Waals surface area contributed by atoms with E-state index in [1.807, 2.05) is 21.6 Å². The Morgan fingerprint density at radius 3 is 3.00 bits per heavy atom. The van der Waals surface area contributed by atoms with E-state index in [-0.39, 0.29) is 11.9 Å². The molecule has 1 fully saturated rings. The number of carbonyl (C=O) groups excluding carboxylic acids is 1. The maximum atomic E-state index is 12.1. The van der Waals surface area contributed by atoms with Gasteiger partial charge in [0.15, 0.2) is 0 Å². The van der Waals surface area contributed by atoms with Crippen LogP contribution in [0.15, 0.2) is 24.3 Å². The molecule has 0 saturated carbocycles. The summed E-state index contributed by atoms with van der Waals surface area (Å²) in [4.78, 5) is 12.1. The molecule has 2 aliphatic rings. The molecule has 0 aromatic heterocycles. The summed E-state index contributed by atoms with van der Waals surface area (Å²) < 4.78 is 0. The van der Waals surface area contributed by atoms with Crippen LogP contribution in [0.5, 0.6) is 0 Å². The van der Waals surface area contributed by atoms with Crippen LogP contribution in [-0.2, 0) is 11.2 Å². The smallest absolute Gasteiger partial charge is 0.220 e. The molecule has 1 aliphatic heterocycles. The molecule has 0 unspecified atom stereocenters. The molecular weight excluding hydrogens is 298 g/mol. The van der Waals surface area contributed by atoms with Gasteiger partial charge in [0.05, 0.1) is 6.04 Å². The van der Waals surface area contributed by atoms with E-state index in [0.717, 1.165) is 24.5 Å². The van der Waals surface area contributed by atoms with Crippen LogP contribution in [0.1, 0.15) is 55.7 Å². The predicted molar refractivity (Wildman–Crippen MR) is 92.6 cm³/mol. The predicted octanol–water partition coefficient (Wildman–Crippen LogP) is 4.50. The second kappa shape index (κ2) is 7.59. The minimum absolute atomic E-state index is 0.227. The first kappa shape index (κ1) is 15.3. The van der Waals surface area contributed by atoms with Crippen molar-refractivity contribution in [3.63, 3.8) is 0 Å². The zero-order valence-corrected chi connectivity index (χ0v) is 14.0. The summed E-state index contributed by atoms with van der Waals surface area (Å²) in [7, 11) is 4.03. The van der Waals surface area contributed by atoms with Gasteiger partial charge in [-0.25, -0.2) is 0 Å². The van der Waals surface area contributed by atoms with Gasteiger partial charge in [-0.3, -0.25) is 4.79 Å². The Balaban J connectivity index is 1.37. The van der Waals surface area contributed by atoms with Gasteiger partial charge in [0, 0.05) is 17.4 Å². The fourth-order valence-electron chi connectivity index (χ4n) is 3.20. The van der Waals surface area contributed by atoms with E-state index in [1.54, 1.807) is 0 Å². The summed E-state index contributed by atoms with van der Waals surface area (Å²) in [5.74, 6) is 1.53. The topological polar surface area (TPSA) is 29.1 Å². The molecule has 1 N–H and O–H groups in total. The maximum Gasteiger partial charge on any atom is 0.220 e. The average molecular weight is 322 g/mol. The average Bonchev–Trinajstić information content (AvgIpc) is 3.14. The van der Waals surface area contributed by atoms with Crippen molar-refractivity contribution in [2.75, 3.05) is 5.75 Å². The van der Waals surface area contributed by atoms with Gasteiger partial charge in [-0.1, -0.05) is 52.3 Å². The first-order valence-corrected chi connectivity index (χ1v) is 10.4. The van der Waals surface area contributed by atoms with E-state index in [0.29, 0.717) is 6.42 Å². The third-order valence-electron chi connectivity index (χ3n) is 4.38. The molecule has 1 saturated heterocycles. The van der Waals surface area contributed by atoms with Crippen molar-refractivity contribution in [3.05, 3.63) is 35.4 Å². The summed E-state index contributed by atoms with van der Waals surface area (Å²) in [5.41, 5.74) is 2.73. The maximum absolute atomic E-state index is 12.1. The van der Waals surface area contributed by atoms with Gasteiger partial charge in [0.2, 0.25) is 5.91 Å². The van der Waals surface area contributed by atoms with Crippen molar-refractivity contribution in [2.45, 2.75) is 56.2 Å². The fraction of sp³-hybridized carbons (Fsp3) is 0.588. The summed E-state index contributed by atoms with van der Waals surface area (Å²) >= 11 is 0. The second-order valence-electron chi connectivity index (χ2n) is 5.93. The molecule has 0 bridgehead atoms. The van der Waals surface area contributed by atoms with E-state index in [4.69, 9.17) is 0 Å². The van der Waals surface area contributed by atoms with E-state index in [2.05, 4.69) is 29.6 Å².